The van der Waals surface area contributed by atoms with Gasteiger partial charge in [0.2, 0.25) is 0 Å². The lowest BCUT2D eigenvalue weighted by Gasteiger charge is -2.14. The van der Waals surface area contributed by atoms with Gasteiger partial charge >= 0.3 is 0 Å². The number of aliphatic hydroxyl groups is 2. The minimum absolute atomic E-state index is 0.0639. The van der Waals surface area contributed by atoms with E-state index in [1.807, 2.05) is 0 Å². The fourth-order valence-electron chi connectivity index (χ4n) is 3.34. The number of hydrogen-bond donors (Lipinski definition) is 4. The van der Waals surface area contributed by atoms with Crippen LogP contribution in [0.5, 0.6) is 11.5 Å². The van der Waals surface area contributed by atoms with Gasteiger partial charge in [-0.3, -0.25) is 9.59 Å². The molecule has 3 aromatic carbocycles. The highest BCUT2D eigenvalue weighted by Crippen LogP contribution is 2.26. The van der Waals surface area contributed by atoms with Crippen LogP contribution in [0.3, 0.4) is 0 Å². The normalized spacial score (nSPS) is 10.6. The first-order chi connectivity index (χ1) is 18.6. The number of hydrogen-bond acceptors (Lipinski definition) is 8. The van der Waals surface area contributed by atoms with Gasteiger partial charge in [-0.15, -0.1) is 0 Å². The second-order valence-electron chi connectivity index (χ2n) is 7.85. The van der Waals surface area contributed by atoms with Crippen molar-refractivity contribution in [2.75, 3.05) is 63.5 Å². The molecule has 0 saturated carbocycles. The van der Waals surface area contributed by atoms with Crippen LogP contribution in [0.4, 0.5) is 11.4 Å². The van der Waals surface area contributed by atoms with Crippen molar-refractivity contribution in [1.29, 1.82) is 0 Å². The average molecular weight is 525 g/mol. The zero-order valence-corrected chi connectivity index (χ0v) is 20.9. The Morgan fingerprint density at radius 3 is 1.47 bits per heavy atom. The van der Waals surface area contributed by atoms with Gasteiger partial charge in [-0.1, -0.05) is 30.3 Å². The Morgan fingerprint density at radius 2 is 1.03 bits per heavy atom. The monoisotopic (exact) mass is 524 g/mol. The summed E-state index contributed by atoms with van der Waals surface area (Å²) in [7, 11) is 0. The molecule has 0 spiro atoms. The Bertz CT molecular complexity index is 1080. The maximum Gasteiger partial charge on any atom is 0.255 e. The molecule has 0 bridgehead atoms. The number of benzene rings is 3. The molecule has 3 aromatic rings. The Balaban J connectivity index is 1.62. The van der Waals surface area contributed by atoms with Gasteiger partial charge in [-0.05, 0) is 42.5 Å². The summed E-state index contributed by atoms with van der Waals surface area (Å²) < 4.78 is 21.8. The van der Waals surface area contributed by atoms with Crippen LogP contribution < -0.4 is 20.1 Å². The second-order valence-corrected chi connectivity index (χ2v) is 7.85. The van der Waals surface area contributed by atoms with Crippen molar-refractivity contribution < 1.29 is 38.7 Å². The summed E-state index contributed by atoms with van der Waals surface area (Å²) in [6.07, 6.45) is 0. The number of ether oxygens (including phenoxy) is 4. The maximum absolute atomic E-state index is 13.0. The summed E-state index contributed by atoms with van der Waals surface area (Å²) in [6, 6.07) is 20.3. The molecular formula is C28H32N2O8. The molecule has 0 aliphatic heterocycles. The van der Waals surface area contributed by atoms with Crippen LogP contribution in [0.25, 0.3) is 0 Å². The first kappa shape index (κ1) is 28.6. The standard InChI is InChI=1S/C28H32N2O8/c31-12-14-35-16-18-37-25-10-3-1-8-23(25)29-27(33)21-6-5-7-22(20-21)28(34)30-24-9-2-4-11-26(24)38-19-17-36-15-13-32/h1-11,20,31-32H,12-19H2,(H,29,33)(H,30,34). The van der Waals surface area contributed by atoms with Crippen molar-refractivity contribution in [1.82, 2.24) is 0 Å². The van der Waals surface area contributed by atoms with Gasteiger partial charge in [0.1, 0.15) is 24.7 Å². The van der Waals surface area contributed by atoms with E-state index < -0.39 is 11.8 Å². The third kappa shape index (κ3) is 9.16. The van der Waals surface area contributed by atoms with E-state index in [1.165, 1.54) is 6.07 Å². The van der Waals surface area contributed by atoms with E-state index in [2.05, 4.69) is 10.6 Å². The molecule has 4 N–H and O–H groups in total. The molecule has 0 unspecified atom stereocenters. The zero-order valence-electron chi connectivity index (χ0n) is 20.9. The lowest BCUT2D eigenvalue weighted by Crippen LogP contribution is -2.17. The van der Waals surface area contributed by atoms with E-state index in [4.69, 9.17) is 29.2 Å². The molecule has 0 aliphatic rings. The van der Waals surface area contributed by atoms with E-state index in [9.17, 15) is 9.59 Å². The molecule has 0 atom stereocenters. The van der Waals surface area contributed by atoms with Crippen LogP contribution in [-0.2, 0) is 9.47 Å². The predicted octanol–water partition coefficient (Wildman–Crippen LogP) is 2.97. The SMILES string of the molecule is O=C(Nc1ccccc1OCCOCCO)c1cccc(C(=O)Nc2ccccc2OCCOCCO)c1. The molecule has 0 aromatic heterocycles. The quantitative estimate of drug-likeness (QED) is 0.210. The summed E-state index contributed by atoms with van der Waals surface area (Å²) in [5, 5.41) is 23.2. The second kappa shape index (κ2) is 16.0. The molecule has 202 valence electrons. The molecule has 3 rings (SSSR count). The van der Waals surface area contributed by atoms with Crippen LogP contribution in [0.15, 0.2) is 72.8 Å². The number of anilines is 2. The Hall–Kier alpha value is -3.96. The van der Waals surface area contributed by atoms with Crippen molar-refractivity contribution in [3.63, 3.8) is 0 Å². The number of amides is 2. The lowest BCUT2D eigenvalue weighted by atomic mass is 10.1. The van der Waals surface area contributed by atoms with E-state index >= 15 is 0 Å². The minimum atomic E-state index is -0.404. The highest BCUT2D eigenvalue weighted by Gasteiger charge is 2.14. The third-order valence-corrected chi connectivity index (χ3v) is 5.10. The van der Waals surface area contributed by atoms with Crippen LogP contribution in [0.2, 0.25) is 0 Å². The maximum atomic E-state index is 13.0. The number of rotatable bonds is 16. The van der Waals surface area contributed by atoms with E-state index in [0.29, 0.717) is 47.2 Å². The van der Waals surface area contributed by atoms with E-state index in [1.54, 1.807) is 66.7 Å². The fraction of sp³-hybridized carbons (Fsp3) is 0.286. The smallest absolute Gasteiger partial charge is 0.255 e. The molecule has 0 fully saturated rings. The summed E-state index contributed by atoms with van der Waals surface area (Å²) in [5.41, 5.74) is 1.54. The van der Waals surface area contributed by atoms with E-state index in [-0.39, 0.29) is 39.6 Å². The fourth-order valence-corrected chi connectivity index (χ4v) is 3.34. The zero-order chi connectivity index (χ0) is 27.0. The molecular weight excluding hydrogens is 492 g/mol. The molecule has 0 aliphatic carbocycles. The van der Waals surface area contributed by atoms with Crippen molar-refractivity contribution in [3.05, 3.63) is 83.9 Å². The van der Waals surface area contributed by atoms with Crippen LogP contribution in [0.1, 0.15) is 20.7 Å². The summed E-state index contributed by atoms with van der Waals surface area (Å²) in [4.78, 5) is 25.9. The number of para-hydroxylation sites is 4. The van der Waals surface area contributed by atoms with Crippen molar-refractivity contribution >= 4 is 23.2 Å². The molecule has 0 heterocycles. The number of nitrogens with one attached hydrogen (secondary N) is 2. The van der Waals surface area contributed by atoms with Crippen LogP contribution >= 0.6 is 0 Å². The number of aliphatic hydroxyl groups excluding tert-OH is 2. The molecule has 10 nitrogen and oxygen atoms in total. The third-order valence-electron chi connectivity index (χ3n) is 5.10. The lowest BCUT2D eigenvalue weighted by molar-refractivity contribution is 0.0706. The molecule has 2 amide bonds. The van der Waals surface area contributed by atoms with Crippen LogP contribution in [0, 0.1) is 0 Å². The van der Waals surface area contributed by atoms with Gasteiger partial charge in [0.15, 0.2) is 0 Å². The van der Waals surface area contributed by atoms with Gasteiger partial charge < -0.3 is 39.8 Å². The van der Waals surface area contributed by atoms with Gasteiger partial charge in [0.05, 0.1) is 51.0 Å². The molecule has 38 heavy (non-hydrogen) atoms. The molecule has 0 saturated heterocycles. The highest BCUT2D eigenvalue weighted by molar-refractivity contribution is 6.09. The highest BCUT2D eigenvalue weighted by atomic mass is 16.5. The molecule has 10 heteroatoms. The van der Waals surface area contributed by atoms with Gasteiger partial charge in [0.25, 0.3) is 11.8 Å². The Labute approximate surface area is 221 Å². The van der Waals surface area contributed by atoms with Gasteiger partial charge in [-0.2, -0.15) is 0 Å². The van der Waals surface area contributed by atoms with Crippen LogP contribution in [-0.4, -0.2) is 74.9 Å². The summed E-state index contributed by atoms with van der Waals surface area (Å²) >= 11 is 0. The average Bonchev–Trinajstić information content (AvgIpc) is 2.94. The molecule has 0 radical (unpaired) electrons. The minimum Gasteiger partial charge on any atom is -0.489 e. The van der Waals surface area contributed by atoms with Gasteiger partial charge in [-0.25, -0.2) is 0 Å². The van der Waals surface area contributed by atoms with Crippen molar-refractivity contribution in [2.24, 2.45) is 0 Å². The Morgan fingerprint density at radius 1 is 0.579 bits per heavy atom. The first-order valence-corrected chi connectivity index (χ1v) is 12.2. The van der Waals surface area contributed by atoms with Crippen molar-refractivity contribution in [3.8, 4) is 11.5 Å². The number of carbonyl (C=O) groups excluding carboxylic acids is 2. The van der Waals surface area contributed by atoms with Gasteiger partial charge in [0, 0.05) is 11.1 Å². The van der Waals surface area contributed by atoms with Crippen molar-refractivity contribution in [2.45, 2.75) is 0 Å². The first-order valence-electron chi connectivity index (χ1n) is 12.2. The number of carbonyl (C=O) groups is 2. The summed E-state index contributed by atoms with van der Waals surface area (Å²) in [6.45, 7) is 1.43. The topological polar surface area (TPSA) is 136 Å². The largest absolute Gasteiger partial charge is 0.489 e. The van der Waals surface area contributed by atoms with E-state index in [0.717, 1.165) is 0 Å². The summed E-state index contributed by atoms with van der Waals surface area (Å²) in [5.74, 6) is 0.138. The Kier molecular flexibility index (Phi) is 12.0. The predicted molar refractivity (Wildman–Crippen MR) is 142 cm³/mol.